The van der Waals surface area contributed by atoms with Gasteiger partial charge in [-0.1, -0.05) is 0 Å². The number of hydrogen-bond acceptors (Lipinski definition) is 4. The van der Waals surface area contributed by atoms with Crippen LogP contribution in [0.15, 0.2) is 23.3 Å². The van der Waals surface area contributed by atoms with Gasteiger partial charge in [0.2, 0.25) is 0 Å². The van der Waals surface area contributed by atoms with Crippen molar-refractivity contribution in [3.05, 3.63) is 23.8 Å². The van der Waals surface area contributed by atoms with Crippen LogP contribution in [-0.4, -0.2) is 37.5 Å². The van der Waals surface area contributed by atoms with E-state index in [-0.39, 0.29) is 17.1 Å². The lowest BCUT2D eigenvalue weighted by Gasteiger charge is -2.23. The third-order valence-electron chi connectivity index (χ3n) is 3.12. The molecule has 0 radical (unpaired) electrons. The molecule has 1 aliphatic heterocycles. The topological polar surface area (TPSA) is 34.1 Å². The number of halogens is 4. The molecule has 1 fully saturated rings. The van der Waals surface area contributed by atoms with E-state index in [9.17, 15) is 17.6 Å². The first kappa shape index (κ1) is 16.4. The molecule has 0 atom stereocenters. The second kappa shape index (κ2) is 7.86. The van der Waals surface area contributed by atoms with E-state index in [1.54, 1.807) is 0 Å². The van der Waals surface area contributed by atoms with Crippen LogP contribution in [0.1, 0.15) is 24.8 Å². The molecule has 0 aliphatic carbocycles. The van der Waals surface area contributed by atoms with Crippen molar-refractivity contribution in [3.8, 4) is 11.5 Å². The van der Waals surface area contributed by atoms with E-state index in [0.29, 0.717) is 0 Å². The standard InChI is InChI=1S/C14H16F4N2O2/c15-13(16)21-11-5-4-10(12(8-11)22-14(17)18)9-19-20-6-2-1-3-7-20/h4-5,8-9,13-14H,1-3,6-7H2/b19-9+. The van der Waals surface area contributed by atoms with Gasteiger partial charge in [-0.15, -0.1) is 0 Å². The number of piperidine rings is 1. The average molecular weight is 320 g/mol. The van der Waals surface area contributed by atoms with E-state index in [1.165, 1.54) is 18.3 Å². The van der Waals surface area contributed by atoms with E-state index >= 15 is 0 Å². The summed E-state index contributed by atoms with van der Waals surface area (Å²) in [4.78, 5) is 0. The first-order valence-electron chi connectivity index (χ1n) is 6.87. The van der Waals surface area contributed by atoms with Gasteiger partial charge >= 0.3 is 13.2 Å². The summed E-state index contributed by atoms with van der Waals surface area (Å²) < 4.78 is 57.7. The lowest BCUT2D eigenvalue weighted by Crippen LogP contribution is -2.24. The zero-order chi connectivity index (χ0) is 15.9. The zero-order valence-electron chi connectivity index (χ0n) is 11.7. The monoisotopic (exact) mass is 320 g/mol. The highest BCUT2D eigenvalue weighted by Gasteiger charge is 2.13. The zero-order valence-corrected chi connectivity index (χ0v) is 11.7. The Balaban J connectivity index is 2.15. The lowest BCUT2D eigenvalue weighted by atomic mass is 10.2. The molecule has 1 saturated heterocycles. The van der Waals surface area contributed by atoms with Crippen molar-refractivity contribution >= 4 is 6.21 Å². The van der Waals surface area contributed by atoms with E-state index < -0.39 is 13.2 Å². The van der Waals surface area contributed by atoms with Gasteiger partial charge in [-0.2, -0.15) is 22.7 Å². The molecule has 1 aliphatic rings. The molecule has 22 heavy (non-hydrogen) atoms. The molecule has 2 rings (SSSR count). The maximum absolute atomic E-state index is 12.4. The molecular weight excluding hydrogens is 304 g/mol. The van der Waals surface area contributed by atoms with Crippen LogP contribution in [0.25, 0.3) is 0 Å². The van der Waals surface area contributed by atoms with Crippen molar-refractivity contribution in [3.63, 3.8) is 0 Å². The smallest absolute Gasteiger partial charge is 0.387 e. The minimum Gasteiger partial charge on any atom is -0.435 e. The van der Waals surface area contributed by atoms with Crippen LogP contribution in [0.3, 0.4) is 0 Å². The Morgan fingerprint density at radius 3 is 2.32 bits per heavy atom. The molecule has 0 amide bonds. The summed E-state index contributed by atoms with van der Waals surface area (Å²) in [7, 11) is 0. The fraction of sp³-hybridized carbons (Fsp3) is 0.500. The van der Waals surface area contributed by atoms with Gasteiger partial charge < -0.3 is 9.47 Å². The Hall–Kier alpha value is -1.99. The second-order valence-electron chi connectivity index (χ2n) is 4.72. The highest BCUT2D eigenvalue weighted by molar-refractivity contribution is 5.83. The van der Waals surface area contributed by atoms with Crippen LogP contribution in [0.2, 0.25) is 0 Å². The molecule has 0 N–H and O–H groups in total. The van der Waals surface area contributed by atoms with Crippen molar-refractivity contribution < 1.29 is 27.0 Å². The first-order valence-corrected chi connectivity index (χ1v) is 6.87. The van der Waals surface area contributed by atoms with Crippen LogP contribution in [0, 0.1) is 0 Å². The van der Waals surface area contributed by atoms with Gasteiger partial charge in [0.15, 0.2) is 0 Å². The van der Waals surface area contributed by atoms with Gasteiger partial charge in [0.1, 0.15) is 11.5 Å². The molecule has 0 aromatic heterocycles. The number of hydrazone groups is 1. The number of alkyl halides is 4. The first-order chi connectivity index (χ1) is 10.5. The van der Waals surface area contributed by atoms with Crippen molar-refractivity contribution in [2.45, 2.75) is 32.5 Å². The molecule has 0 unspecified atom stereocenters. The third kappa shape index (κ3) is 5.09. The van der Waals surface area contributed by atoms with Gasteiger partial charge in [-0.05, 0) is 31.4 Å². The summed E-state index contributed by atoms with van der Waals surface area (Å²) in [6.45, 7) is -4.50. The highest BCUT2D eigenvalue weighted by Crippen LogP contribution is 2.26. The van der Waals surface area contributed by atoms with Gasteiger partial charge in [-0.25, -0.2) is 0 Å². The molecule has 1 aromatic carbocycles. The number of hydrogen-bond donors (Lipinski definition) is 0. The molecule has 0 saturated carbocycles. The summed E-state index contributed by atoms with van der Waals surface area (Å²) in [5.74, 6) is -0.505. The van der Waals surface area contributed by atoms with Gasteiger partial charge in [0.05, 0.1) is 6.21 Å². The molecular formula is C14H16F4N2O2. The third-order valence-corrected chi connectivity index (χ3v) is 3.12. The summed E-state index contributed by atoms with van der Waals surface area (Å²) in [5.41, 5.74) is 0.271. The number of nitrogens with zero attached hydrogens (tertiary/aromatic N) is 2. The quantitative estimate of drug-likeness (QED) is 0.592. The Labute approximate surface area is 125 Å². The largest absolute Gasteiger partial charge is 0.435 e. The van der Waals surface area contributed by atoms with Crippen LogP contribution < -0.4 is 9.47 Å². The molecule has 8 heteroatoms. The van der Waals surface area contributed by atoms with Crippen LogP contribution in [-0.2, 0) is 0 Å². The summed E-state index contributed by atoms with van der Waals surface area (Å²) in [6, 6.07) is 3.60. The second-order valence-corrected chi connectivity index (χ2v) is 4.72. The van der Waals surface area contributed by atoms with Crippen LogP contribution in [0.4, 0.5) is 17.6 Å². The molecule has 0 spiro atoms. The van der Waals surface area contributed by atoms with Crippen molar-refractivity contribution in [2.75, 3.05) is 13.1 Å². The van der Waals surface area contributed by atoms with Crippen LogP contribution >= 0.6 is 0 Å². The van der Waals surface area contributed by atoms with E-state index in [0.717, 1.165) is 38.4 Å². The highest BCUT2D eigenvalue weighted by atomic mass is 19.3. The van der Waals surface area contributed by atoms with E-state index in [2.05, 4.69) is 14.6 Å². The Bertz CT molecular complexity index is 506. The maximum Gasteiger partial charge on any atom is 0.387 e. The van der Waals surface area contributed by atoms with Gasteiger partial charge in [0, 0.05) is 24.7 Å². The van der Waals surface area contributed by atoms with Crippen LogP contribution in [0.5, 0.6) is 11.5 Å². The maximum atomic E-state index is 12.4. The van der Waals surface area contributed by atoms with E-state index in [1.807, 2.05) is 5.01 Å². The number of ether oxygens (including phenoxy) is 2. The van der Waals surface area contributed by atoms with Gasteiger partial charge in [0.25, 0.3) is 0 Å². The fourth-order valence-electron chi connectivity index (χ4n) is 2.13. The average Bonchev–Trinajstić information content (AvgIpc) is 2.46. The molecule has 0 bridgehead atoms. The predicted molar refractivity (Wildman–Crippen MR) is 72.7 cm³/mol. The molecule has 1 heterocycles. The SMILES string of the molecule is FC(F)Oc1ccc(/C=N/N2CCCCC2)c(OC(F)F)c1. The predicted octanol–water partition coefficient (Wildman–Crippen LogP) is 3.71. The Morgan fingerprint density at radius 2 is 1.68 bits per heavy atom. The minimum absolute atomic E-state index is 0.249. The van der Waals surface area contributed by atoms with Gasteiger partial charge in [-0.3, -0.25) is 5.01 Å². The number of benzene rings is 1. The fourth-order valence-corrected chi connectivity index (χ4v) is 2.13. The summed E-state index contributed by atoms with van der Waals surface area (Å²) in [5, 5.41) is 6.04. The minimum atomic E-state index is -3.07. The van der Waals surface area contributed by atoms with Crippen molar-refractivity contribution in [1.82, 2.24) is 5.01 Å². The molecule has 1 aromatic rings. The Kier molecular flexibility index (Phi) is 5.85. The van der Waals surface area contributed by atoms with Crippen molar-refractivity contribution in [2.24, 2.45) is 5.10 Å². The number of rotatable bonds is 6. The Morgan fingerprint density at radius 1 is 1.00 bits per heavy atom. The lowest BCUT2D eigenvalue weighted by molar-refractivity contribution is -0.0543. The molecule has 4 nitrogen and oxygen atoms in total. The summed E-state index contributed by atoms with van der Waals surface area (Å²) >= 11 is 0. The molecule has 122 valence electrons. The summed E-state index contributed by atoms with van der Waals surface area (Å²) in [6.07, 6.45) is 4.58. The van der Waals surface area contributed by atoms with Crippen molar-refractivity contribution in [1.29, 1.82) is 0 Å². The normalized spacial score (nSPS) is 15.8. The van der Waals surface area contributed by atoms with E-state index in [4.69, 9.17) is 0 Å².